The van der Waals surface area contributed by atoms with Gasteiger partial charge in [0.2, 0.25) is 0 Å². The fourth-order valence-electron chi connectivity index (χ4n) is 2.50. The molecule has 6 nitrogen and oxygen atoms in total. The molecule has 1 heterocycles. The molecule has 1 fully saturated rings. The van der Waals surface area contributed by atoms with Crippen LogP contribution >= 0.6 is 0 Å². The van der Waals surface area contributed by atoms with Crippen molar-refractivity contribution in [2.75, 3.05) is 59.7 Å². The number of nitrogens with zero attached hydrogens (tertiary/aromatic N) is 2. The van der Waals surface area contributed by atoms with E-state index in [4.69, 9.17) is 9.47 Å². The van der Waals surface area contributed by atoms with E-state index in [1.165, 1.54) is 0 Å². The Hall–Kier alpha value is -0.850. The Bertz CT molecular complexity index is 339. The lowest BCUT2D eigenvalue weighted by Crippen LogP contribution is -2.56. The normalized spacial score (nSPS) is 17.6. The zero-order chi connectivity index (χ0) is 17.1. The largest absolute Gasteiger partial charge is 0.381 e. The maximum Gasteiger partial charge on any atom is 0.191 e. The summed E-state index contributed by atoms with van der Waals surface area (Å²) in [5, 5.41) is 6.78. The summed E-state index contributed by atoms with van der Waals surface area (Å²) in [4.78, 5) is 6.76. The molecule has 0 saturated carbocycles. The van der Waals surface area contributed by atoms with Crippen molar-refractivity contribution >= 4 is 5.96 Å². The highest BCUT2D eigenvalue weighted by atomic mass is 16.5. The van der Waals surface area contributed by atoms with Crippen LogP contribution in [0.1, 0.15) is 34.1 Å². The van der Waals surface area contributed by atoms with Gasteiger partial charge in [-0.1, -0.05) is 13.8 Å². The van der Waals surface area contributed by atoms with Gasteiger partial charge in [-0.3, -0.25) is 9.89 Å². The van der Waals surface area contributed by atoms with Crippen molar-refractivity contribution in [2.24, 2.45) is 10.9 Å². The van der Waals surface area contributed by atoms with E-state index in [-0.39, 0.29) is 5.54 Å². The van der Waals surface area contributed by atoms with Crippen LogP contribution in [0.2, 0.25) is 0 Å². The predicted octanol–water partition coefficient (Wildman–Crippen LogP) is 1.32. The van der Waals surface area contributed by atoms with Crippen LogP contribution in [0.4, 0.5) is 0 Å². The summed E-state index contributed by atoms with van der Waals surface area (Å²) in [5.41, 5.74) is 0.0851. The van der Waals surface area contributed by atoms with E-state index in [0.29, 0.717) is 5.92 Å². The summed E-state index contributed by atoms with van der Waals surface area (Å²) in [7, 11) is 1.81. The maximum atomic E-state index is 5.59. The predicted molar refractivity (Wildman–Crippen MR) is 96.1 cm³/mol. The Kier molecular flexibility index (Phi) is 9.52. The van der Waals surface area contributed by atoms with Gasteiger partial charge in [0.25, 0.3) is 0 Å². The van der Waals surface area contributed by atoms with Crippen LogP contribution in [0.3, 0.4) is 0 Å². The van der Waals surface area contributed by atoms with Gasteiger partial charge in [-0.25, -0.2) is 0 Å². The lowest BCUT2D eigenvalue weighted by atomic mass is 10.0. The van der Waals surface area contributed by atoms with Gasteiger partial charge in [-0.05, 0) is 26.2 Å². The summed E-state index contributed by atoms with van der Waals surface area (Å²) in [6, 6.07) is 0. The molecule has 23 heavy (non-hydrogen) atoms. The Balaban J connectivity index is 2.20. The molecule has 6 heteroatoms. The van der Waals surface area contributed by atoms with Gasteiger partial charge in [-0.2, -0.15) is 0 Å². The van der Waals surface area contributed by atoms with Gasteiger partial charge in [0, 0.05) is 52.0 Å². The smallest absolute Gasteiger partial charge is 0.191 e. The van der Waals surface area contributed by atoms with Crippen LogP contribution in [0.5, 0.6) is 0 Å². The Labute approximate surface area is 142 Å². The summed E-state index contributed by atoms with van der Waals surface area (Å²) >= 11 is 0. The van der Waals surface area contributed by atoms with Crippen LogP contribution in [-0.4, -0.2) is 76.1 Å². The van der Waals surface area contributed by atoms with Crippen molar-refractivity contribution in [3.63, 3.8) is 0 Å². The first kappa shape index (κ1) is 20.2. The Morgan fingerprint density at radius 1 is 1.26 bits per heavy atom. The molecule has 0 aromatic heterocycles. The number of hydrogen-bond donors (Lipinski definition) is 2. The summed E-state index contributed by atoms with van der Waals surface area (Å²) < 4.78 is 11.0. The minimum absolute atomic E-state index is 0.0851. The van der Waals surface area contributed by atoms with Gasteiger partial charge < -0.3 is 20.1 Å². The van der Waals surface area contributed by atoms with Gasteiger partial charge in [0.1, 0.15) is 0 Å². The van der Waals surface area contributed by atoms with Crippen molar-refractivity contribution in [1.29, 1.82) is 0 Å². The summed E-state index contributed by atoms with van der Waals surface area (Å²) in [5.74, 6) is 1.45. The average molecular weight is 329 g/mol. The number of aliphatic imine (C=N–C) groups is 1. The van der Waals surface area contributed by atoms with Crippen LogP contribution in [0, 0.1) is 5.92 Å². The maximum absolute atomic E-state index is 5.59. The first-order valence-corrected chi connectivity index (χ1v) is 8.81. The number of ether oxygens (including phenoxy) is 2. The molecular weight excluding hydrogens is 292 g/mol. The molecule has 0 aromatic rings. The van der Waals surface area contributed by atoms with E-state index in [1.807, 2.05) is 7.05 Å². The SMILES string of the molecule is CN=C(NCCCOCC(C)C)NCC(C)(C)N1CCOCC1. The van der Waals surface area contributed by atoms with Gasteiger partial charge in [0.05, 0.1) is 13.2 Å². The monoisotopic (exact) mass is 328 g/mol. The number of rotatable bonds is 9. The number of morpholine rings is 1. The van der Waals surface area contributed by atoms with Gasteiger partial charge in [0.15, 0.2) is 5.96 Å². The van der Waals surface area contributed by atoms with Crippen molar-refractivity contribution < 1.29 is 9.47 Å². The molecule has 1 saturated heterocycles. The summed E-state index contributed by atoms with van der Waals surface area (Å²) in [6.45, 7) is 15.9. The standard InChI is InChI=1S/C17H36N4O2/c1-15(2)13-23-10-6-7-19-16(18-5)20-14-17(3,4)21-8-11-22-12-9-21/h15H,6-14H2,1-5H3,(H2,18,19,20). The fraction of sp³-hybridized carbons (Fsp3) is 0.941. The number of nitrogens with one attached hydrogen (secondary N) is 2. The molecular formula is C17H36N4O2. The molecule has 0 spiro atoms. The second-order valence-electron chi connectivity index (χ2n) is 7.09. The zero-order valence-corrected chi connectivity index (χ0v) is 15.7. The third-order valence-electron chi connectivity index (χ3n) is 3.99. The topological polar surface area (TPSA) is 58.1 Å². The first-order chi connectivity index (χ1) is 11.0. The van der Waals surface area contributed by atoms with Crippen LogP contribution in [0.25, 0.3) is 0 Å². The molecule has 0 aliphatic carbocycles. The number of hydrogen-bond acceptors (Lipinski definition) is 4. The molecule has 0 unspecified atom stereocenters. The van der Waals surface area contributed by atoms with E-state index >= 15 is 0 Å². The molecule has 0 atom stereocenters. The third kappa shape index (κ3) is 8.53. The van der Waals surface area contributed by atoms with Crippen LogP contribution < -0.4 is 10.6 Å². The molecule has 1 rings (SSSR count). The zero-order valence-electron chi connectivity index (χ0n) is 15.7. The molecule has 0 bridgehead atoms. The minimum atomic E-state index is 0.0851. The van der Waals surface area contributed by atoms with E-state index in [2.05, 4.69) is 48.2 Å². The van der Waals surface area contributed by atoms with Gasteiger partial charge >= 0.3 is 0 Å². The highest BCUT2D eigenvalue weighted by Gasteiger charge is 2.28. The third-order valence-corrected chi connectivity index (χ3v) is 3.99. The minimum Gasteiger partial charge on any atom is -0.381 e. The number of guanidine groups is 1. The highest BCUT2D eigenvalue weighted by molar-refractivity contribution is 5.79. The lowest BCUT2D eigenvalue weighted by Gasteiger charge is -2.41. The molecule has 1 aliphatic rings. The summed E-state index contributed by atoms with van der Waals surface area (Å²) in [6.07, 6.45) is 0.986. The van der Waals surface area contributed by atoms with Gasteiger partial charge in [-0.15, -0.1) is 0 Å². The quantitative estimate of drug-likeness (QED) is 0.380. The molecule has 2 N–H and O–H groups in total. The van der Waals surface area contributed by atoms with Crippen molar-refractivity contribution in [1.82, 2.24) is 15.5 Å². The molecule has 0 radical (unpaired) electrons. The Morgan fingerprint density at radius 3 is 2.57 bits per heavy atom. The molecule has 0 aromatic carbocycles. The second kappa shape index (κ2) is 10.8. The van der Waals surface area contributed by atoms with Crippen LogP contribution in [-0.2, 0) is 9.47 Å². The van der Waals surface area contributed by atoms with E-state index in [1.54, 1.807) is 0 Å². The highest BCUT2D eigenvalue weighted by Crippen LogP contribution is 2.14. The molecule has 1 aliphatic heterocycles. The van der Waals surface area contributed by atoms with Crippen molar-refractivity contribution in [3.8, 4) is 0 Å². The second-order valence-corrected chi connectivity index (χ2v) is 7.09. The van der Waals surface area contributed by atoms with Crippen LogP contribution in [0.15, 0.2) is 4.99 Å². The van der Waals surface area contributed by atoms with E-state index < -0.39 is 0 Å². The molecule has 136 valence electrons. The van der Waals surface area contributed by atoms with E-state index in [0.717, 1.165) is 65.0 Å². The average Bonchev–Trinajstić information content (AvgIpc) is 2.54. The fourth-order valence-corrected chi connectivity index (χ4v) is 2.50. The first-order valence-electron chi connectivity index (χ1n) is 8.81. The van der Waals surface area contributed by atoms with Crippen molar-refractivity contribution in [2.45, 2.75) is 39.7 Å². The lowest BCUT2D eigenvalue weighted by molar-refractivity contribution is -0.00834. The Morgan fingerprint density at radius 2 is 1.96 bits per heavy atom. The van der Waals surface area contributed by atoms with E-state index in [9.17, 15) is 0 Å². The van der Waals surface area contributed by atoms with Crippen molar-refractivity contribution in [3.05, 3.63) is 0 Å². The molecule has 0 amide bonds.